The summed E-state index contributed by atoms with van der Waals surface area (Å²) in [6.45, 7) is 2.56. The third-order valence-corrected chi connectivity index (χ3v) is 5.13. The Morgan fingerprint density at radius 3 is 3.18 bits per heavy atom. The molecule has 1 fully saturated rings. The van der Waals surface area contributed by atoms with Crippen molar-refractivity contribution in [3.05, 3.63) is 72.2 Å². The molecule has 1 aromatic carbocycles. The highest BCUT2D eigenvalue weighted by Gasteiger charge is 2.28. The van der Waals surface area contributed by atoms with Gasteiger partial charge in [0.15, 0.2) is 0 Å². The fourth-order valence-corrected chi connectivity index (χ4v) is 3.75. The van der Waals surface area contributed by atoms with Crippen molar-refractivity contribution < 1.29 is 0 Å². The van der Waals surface area contributed by atoms with Crippen LogP contribution in [0.15, 0.2) is 66.7 Å². The number of anilines is 2. The first-order valence-electron chi connectivity index (χ1n) is 9.47. The number of aromatic amines is 1. The first-order valence-corrected chi connectivity index (χ1v) is 9.47. The summed E-state index contributed by atoms with van der Waals surface area (Å²) in [4.78, 5) is 16.9. The van der Waals surface area contributed by atoms with Gasteiger partial charge in [-0.3, -0.25) is 4.90 Å². The molecular weight excluding hydrogens is 350 g/mol. The number of allylic oxidation sites excluding steroid dienone is 2. The summed E-state index contributed by atoms with van der Waals surface area (Å²) in [5, 5.41) is 8.04. The Hall–Kier alpha value is -3.32. The zero-order valence-corrected chi connectivity index (χ0v) is 15.8. The number of benzene rings is 1. The molecule has 2 aromatic heterocycles. The zero-order chi connectivity index (χ0) is 18.9. The van der Waals surface area contributed by atoms with Crippen molar-refractivity contribution in [3.63, 3.8) is 0 Å². The maximum absolute atomic E-state index is 4.63. The Bertz CT molecular complexity index is 1050. The van der Waals surface area contributed by atoms with Gasteiger partial charge in [0.25, 0.3) is 0 Å². The summed E-state index contributed by atoms with van der Waals surface area (Å²) in [7, 11) is 2.13. The second-order valence-corrected chi connectivity index (χ2v) is 7.28. The smallest absolute Gasteiger partial charge is 0.224 e. The van der Waals surface area contributed by atoms with E-state index >= 15 is 0 Å². The third-order valence-electron chi connectivity index (χ3n) is 5.13. The van der Waals surface area contributed by atoms with Gasteiger partial charge in [0.1, 0.15) is 12.0 Å². The average molecular weight is 373 g/mol. The van der Waals surface area contributed by atoms with Crippen molar-refractivity contribution in [1.29, 1.82) is 0 Å². The van der Waals surface area contributed by atoms with E-state index in [2.05, 4.69) is 84.9 Å². The molecule has 7 heteroatoms. The molecule has 0 aliphatic carbocycles. The molecule has 4 heterocycles. The second kappa shape index (κ2) is 7.01. The van der Waals surface area contributed by atoms with Gasteiger partial charge in [-0.25, -0.2) is 4.98 Å². The van der Waals surface area contributed by atoms with E-state index in [1.165, 1.54) is 16.6 Å². The highest BCUT2D eigenvalue weighted by Crippen LogP contribution is 2.24. The molecule has 3 N–H and O–H groups in total. The standard InChI is InChI=1S/C21H23N7/c1-27-13-17-3-2-4-20(28(17)14-27)25-19-8-10-23-21(26-19)24-12-15-5-6-18-16(11-15)7-9-22-18/h2-11,20,22H,12-14H2,1H3,(H2,23,24,25,26). The Labute approximate surface area is 163 Å². The highest BCUT2D eigenvalue weighted by atomic mass is 15.4. The molecule has 28 heavy (non-hydrogen) atoms. The van der Waals surface area contributed by atoms with E-state index in [-0.39, 0.29) is 6.17 Å². The Kier molecular flexibility index (Phi) is 4.21. The van der Waals surface area contributed by atoms with Crippen LogP contribution in [-0.2, 0) is 6.54 Å². The van der Waals surface area contributed by atoms with Gasteiger partial charge in [-0.1, -0.05) is 12.1 Å². The number of aromatic nitrogens is 3. The summed E-state index contributed by atoms with van der Waals surface area (Å²) < 4.78 is 0. The number of H-pyrrole nitrogens is 1. The van der Waals surface area contributed by atoms with Crippen LogP contribution in [0.2, 0.25) is 0 Å². The Balaban J connectivity index is 1.26. The fraction of sp³-hybridized carbons (Fsp3) is 0.238. The molecule has 0 spiro atoms. The van der Waals surface area contributed by atoms with Crippen LogP contribution in [0, 0.1) is 0 Å². The average Bonchev–Trinajstić information content (AvgIpc) is 3.32. The number of fused-ring (bicyclic) bond motifs is 2. The number of hydrogen-bond donors (Lipinski definition) is 3. The van der Waals surface area contributed by atoms with E-state index in [4.69, 9.17) is 0 Å². The maximum Gasteiger partial charge on any atom is 0.224 e. The van der Waals surface area contributed by atoms with Gasteiger partial charge in [-0.15, -0.1) is 0 Å². The predicted octanol–water partition coefficient (Wildman–Crippen LogP) is 2.97. The molecule has 3 aromatic rings. The predicted molar refractivity (Wildman–Crippen MR) is 112 cm³/mol. The van der Waals surface area contributed by atoms with Crippen molar-refractivity contribution in [3.8, 4) is 0 Å². The molecule has 0 bridgehead atoms. The molecule has 1 saturated heterocycles. The minimum Gasteiger partial charge on any atom is -0.361 e. The second-order valence-electron chi connectivity index (χ2n) is 7.28. The monoisotopic (exact) mass is 373 g/mol. The van der Waals surface area contributed by atoms with Crippen LogP contribution in [-0.4, -0.2) is 51.2 Å². The molecule has 7 nitrogen and oxygen atoms in total. The van der Waals surface area contributed by atoms with E-state index in [0.717, 1.165) is 24.5 Å². The van der Waals surface area contributed by atoms with Crippen molar-refractivity contribution >= 4 is 22.7 Å². The first kappa shape index (κ1) is 16.8. The lowest BCUT2D eigenvalue weighted by Crippen LogP contribution is -2.39. The summed E-state index contributed by atoms with van der Waals surface area (Å²) in [5.74, 6) is 1.43. The van der Waals surface area contributed by atoms with E-state index in [1.807, 2.05) is 12.3 Å². The topological polar surface area (TPSA) is 72.1 Å². The lowest BCUT2D eigenvalue weighted by Gasteiger charge is -2.31. The molecule has 0 amide bonds. The first-order chi connectivity index (χ1) is 13.7. The molecule has 1 atom stereocenters. The van der Waals surface area contributed by atoms with E-state index < -0.39 is 0 Å². The zero-order valence-electron chi connectivity index (χ0n) is 15.8. The number of nitrogens with one attached hydrogen (secondary N) is 3. The highest BCUT2D eigenvalue weighted by molar-refractivity contribution is 5.79. The molecule has 2 aliphatic rings. The van der Waals surface area contributed by atoms with Crippen LogP contribution in [0.5, 0.6) is 0 Å². The number of likely N-dealkylation sites (N-methyl/N-ethyl adjacent to an activating group) is 1. The van der Waals surface area contributed by atoms with Gasteiger partial charge in [-0.2, -0.15) is 4.98 Å². The normalized spacial score (nSPS) is 19.0. The molecule has 0 radical (unpaired) electrons. The van der Waals surface area contributed by atoms with Crippen molar-refractivity contribution in [2.75, 3.05) is 30.9 Å². The van der Waals surface area contributed by atoms with Crippen LogP contribution in [0.25, 0.3) is 10.9 Å². The number of nitrogens with zero attached hydrogens (tertiary/aromatic N) is 4. The molecule has 0 saturated carbocycles. The van der Waals surface area contributed by atoms with Gasteiger partial charge in [0, 0.05) is 36.7 Å². The van der Waals surface area contributed by atoms with E-state index in [9.17, 15) is 0 Å². The molecule has 5 rings (SSSR count). The molecular formula is C21H23N7. The molecule has 1 unspecified atom stereocenters. The summed E-state index contributed by atoms with van der Waals surface area (Å²) in [6.07, 6.45) is 10.3. The van der Waals surface area contributed by atoms with Crippen LogP contribution in [0.4, 0.5) is 11.8 Å². The van der Waals surface area contributed by atoms with Gasteiger partial charge in [0.05, 0.1) is 6.67 Å². The summed E-state index contributed by atoms with van der Waals surface area (Å²) in [5.41, 5.74) is 3.67. The molecule has 142 valence electrons. The van der Waals surface area contributed by atoms with Crippen LogP contribution in [0.1, 0.15) is 5.56 Å². The number of rotatable bonds is 5. The fourth-order valence-electron chi connectivity index (χ4n) is 3.75. The minimum absolute atomic E-state index is 0.101. The Morgan fingerprint density at radius 1 is 1.25 bits per heavy atom. The van der Waals surface area contributed by atoms with Crippen molar-refractivity contribution in [1.82, 2.24) is 24.8 Å². The number of hydrogen-bond acceptors (Lipinski definition) is 6. The Morgan fingerprint density at radius 2 is 2.21 bits per heavy atom. The summed E-state index contributed by atoms with van der Waals surface area (Å²) in [6, 6.07) is 10.4. The lowest BCUT2D eigenvalue weighted by atomic mass is 10.1. The third kappa shape index (κ3) is 3.32. The quantitative estimate of drug-likeness (QED) is 0.639. The van der Waals surface area contributed by atoms with Gasteiger partial charge in [0.2, 0.25) is 5.95 Å². The van der Waals surface area contributed by atoms with E-state index in [0.29, 0.717) is 12.5 Å². The van der Waals surface area contributed by atoms with Crippen LogP contribution in [0.3, 0.4) is 0 Å². The maximum atomic E-state index is 4.63. The molecule has 2 aliphatic heterocycles. The largest absolute Gasteiger partial charge is 0.361 e. The lowest BCUT2D eigenvalue weighted by molar-refractivity contribution is 0.269. The van der Waals surface area contributed by atoms with Crippen molar-refractivity contribution in [2.24, 2.45) is 0 Å². The van der Waals surface area contributed by atoms with E-state index in [1.54, 1.807) is 6.20 Å². The van der Waals surface area contributed by atoms with Gasteiger partial charge < -0.3 is 20.5 Å². The van der Waals surface area contributed by atoms with Crippen LogP contribution >= 0.6 is 0 Å². The SMILES string of the molecule is CN1CC2=CC=CC(Nc3ccnc(NCc4ccc5[nH]ccc5c4)n3)N2C1. The minimum atomic E-state index is 0.101. The van der Waals surface area contributed by atoms with Crippen LogP contribution < -0.4 is 10.6 Å². The van der Waals surface area contributed by atoms with Crippen molar-refractivity contribution in [2.45, 2.75) is 12.7 Å². The van der Waals surface area contributed by atoms with Gasteiger partial charge >= 0.3 is 0 Å². The summed E-state index contributed by atoms with van der Waals surface area (Å²) >= 11 is 0. The van der Waals surface area contributed by atoms with Gasteiger partial charge in [-0.05, 0) is 54.4 Å².